The molecule has 0 saturated heterocycles. The van der Waals surface area contributed by atoms with Gasteiger partial charge in [0.15, 0.2) is 0 Å². The smallest absolute Gasteiger partial charge is 0.00230 e. The molecule has 0 amide bonds. The van der Waals surface area contributed by atoms with Gasteiger partial charge in [0.05, 0.1) is 0 Å². The van der Waals surface area contributed by atoms with Crippen LogP contribution in [0.5, 0.6) is 0 Å². The standard InChI is InChI=1S/C19H24/c1-5-19(3,4)18-12-11-15(2)17(14-18)13-16-9-7-6-8-10-16/h6-12,14H,5,13H2,1-4H3. The predicted octanol–water partition coefficient (Wildman–Crippen LogP) is 5.27. The third-order valence-electron chi connectivity index (χ3n) is 4.25. The average molecular weight is 252 g/mol. The van der Waals surface area contributed by atoms with Crippen molar-refractivity contribution in [3.8, 4) is 0 Å². The molecule has 0 N–H and O–H groups in total. The molecular formula is C19H24. The van der Waals surface area contributed by atoms with Crippen molar-refractivity contribution in [2.24, 2.45) is 0 Å². The molecule has 0 radical (unpaired) electrons. The molecule has 0 fully saturated rings. The van der Waals surface area contributed by atoms with Crippen LogP contribution in [0.4, 0.5) is 0 Å². The van der Waals surface area contributed by atoms with E-state index in [1.165, 1.54) is 28.7 Å². The fourth-order valence-corrected chi connectivity index (χ4v) is 2.30. The number of hydrogen-bond acceptors (Lipinski definition) is 0. The SMILES string of the molecule is CCC(C)(C)c1ccc(C)c(Cc2ccccc2)c1. The van der Waals surface area contributed by atoms with Crippen molar-refractivity contribution in [1.82, 2.24) is 0 Å². The van der Waals surface area contributed by atoms with Gasteiger partial charge in [-0.25, -0.2) is 0 Å². The lowest BCUT2D eigenvalue weighted by atomic mass is 9.80. The molecule has 2 aromatic carbocycles. The van der Waals surface area contributed by atoms with Crippen molar-refractivity contribution in [2.45, 2.75) is 46.0 Å². The van der Waals surface area contributed by atoms with E-state index in [4.69, 9.17) is 0 Å². The van der Waals surface area contributed by atoms with Crippen LogP contribution in [0.25, 0.3) is 0 Å². The minimum atomic E-state index is 0.263. The van der Waals surface area contributed by atoms with E-state index in [9.17, 15) is 0 Å². The molecule has 2 aromatic rings. The monoisotopic (exact) mass is 252 g/mol. The first-order valence-electron chi connectivity index (χ1n) is 7.17. The summed E-state index contributed by atoms with van der Waals surface area (Å²) in [6, 6.07) is 17.7. The van der Waals surface area contributed by atoms with Gasteiger partial charge in [0.2, 0.25) is 0 Å². The zero-order chi connectivity index (χ0) is 13.9. The quantitative estimate of drug-likeness (QED) is 0.695. The summed E-state index contributed by atoms with van der Waals surface area (Å²) in [5.74, 6) is 0. The van der Waals surface area contributed by atoms with Gasteiger partial charge in [-0.1, -0.05) is 69.3 Å². The number of rotatable bonds is 4. The zero-order valence-electron chi connectivity index (χ0n) is 12.5. The number of benzene rings is 2. The van der Waals surface area contributed by atoms with E-state index < -0.39 is 0 Å². The van der Waals surface area contributed by atoms with E-state index >= 15 is 0 Å². The van der Waals surface area contributed by atoms with Gasteiger partial charge in [-0.2, -0.15) is 0 Å². The summed E-state index contributed by atoms with van der Waals surface area (Å²) in [6.07, 6.45) is 2.20. The topological polar surface area (TPSA) is 0 Å². The zero-order valence-corrected chi connectivity index (χ0v) is 12.5. The van der Waals surface area contributed by atoms with Gasteiger partial charge in [-0.3, -0.25) is 0 Å². The van der Waals surface area contributed by atoms with Gasteiger partial charge in [0.1, 0.15) is 0 Å². The van der Waals surface area contributed by atoms with Crippen LogP contribution in [-0.4, -0.2) is 0 Å². The summed E-state index contributed by atoms with van der Waals surface area (Å²) in [4.78, 5) is 0. The Kier molecular flexibility index (Phi) is 4.09. The average Bonchev–Trinajstić information content (AvgIpc) is 2.42. The Labute approximate surface area is 117 Å². The molecule has 0 unspecified atom stereocenters. The molecule has 0 aliphatic heterocycles. The first kappa shape index (κ1) is 13.9. The van der Waals surface area contributed by atoms with Crippen molar-refractivity contribution >= 4 is 0 Å². The van der Waals surface area contributed by atoms with Crippen LogP contribution < -0.4 is 0 Å². The minimum Gasteiger partial charge on any atom is -0.0646 e. The van der Waals surface area contributed by atoms with Crippen LogP contribution in [0.1, 0.15) is 49.4 Å². The highest BCUT2D eigenvalue weighted by molar-refractivity contribution is 5.38. The highest BCUT2D eigenvalue weighted by atomic mass is 14.2. The summed E-state index contributed by atoms with van der Waals surface area (Å²) >= 11 is 0. The van der Waals surface area contributed by atoms with Crippen molar-refractivity contribution in [3.63, 3.8) is 0 Å². The summed E-state index contributed by atoms with van der Waals surface area (Å²) in [5, 5.41) is 0. The van der Waals surface area contributed by atoms with Gasteiger partial charge >= 0.3 is 0 Å². The van der Waals surface area contributed by atoms with Crippen LogP contribution in [0.15, 0.2) is 48.5 Å². The second-order valence-corrected chi connectivity index (χ2v) is 6.04. The molecule has 0 aliphatic rings. The maximum Gasteiger partial charge on any atom is -0.00230 e. The Hall–Kier alpha value is -1.56. The summed E-state index contributed by atoms with van der Waals surface area (Å²) in [6.45, 7) is 9.12. The largest absolute Gasteiger partial charge is 0.0646 e. The predicted molar refractivity (Wildman–Crippen MR) is 83.7 cm³/mol. The van der Waals surface area contributed by atoms with E-state index in [1.807, 2.05) is 0 Å². The second kappa shape index (κ2) is 5.61. The lowest BCUT2D eigenvalue weighted by Crippen LogP contribution is -2.16. The fraction of sp³-hybridized carbons (Fsp3) is 0.368. The van der Waals surface area contributed by atoms with Crippen LogP contribution in [0.3, 0.4) is 0 Å². The molecule has 0 saturated carbocycles. The van der Waals surface area contributed by atoms with Gasteiger partial charge in [-0.05, 0) is 47.4 Å². The van der Waals surface area contributed by atoms with Crippen LogP contribution >= 0.6 is 0 Å². The highest BCUT2D eigenvalue weighted by Gasteiger charge is 2.18. The molecule has 0 heteroatoms. The first-order chi connectivity index (χ1) is 9.03. The van der Waals surface area contributed by atoms with Gasteiger partial charge < -0.3 is 0 Å². The lowest BCUT2D eigenvalue weighted by Gasteiger charge is -2.24. The van der Waals surface area contributed by atoms with Crippen LogP contribution in [-0.2, 0) is 11.8 Å². The Balaban J connectivity index is 2.33. The maximum atomic E-state index is 2.39. The summed E-state index contributed by atoms with van der Waals surface area (Å²) < 4.78 is 0. The molecule has 19 heavy (non-hydrogen) atoms. The molecular weight excluding hydrogens is 228 g/mol. The third kappa shape index (κ3) is 3.26. The van der Waals surface area contributed by atoms with Crippen LogP contribution in [0.2, 0.25) is 0 Å². The maximum absolute atomic E-state index is 2.39. The molecule has 2 rings (SSSR count). The summed E-state index contributed by atoms with van der Waals surface area (Å²) in [7, 11) is 0. The minimum absolute atomic E-state index is 0.263. The van der Waals surface area contributed by atoms with Crippen molar-refractivity contribution in [1.29, 1.82) is 0 Å². The van der Waals surface area contributed by atoms with Crippen LogP contribution in [0, 0.1) is 6.92 Å². The van der Waals surface area contributed by atoms with E-state index in [-0.39, 0.29) is 5.41 Å². The molecule has 100 valence electrons. The summed E-state index contributed by atoms with van der Waals surface area (Å²) in [5.41, 5.74) is 5.94. The number of hydrogen-bond donors (Lipinski definition) is 0. The van der Waals surface area contributed by atoms with E-state index in [1.54, 1.807) is 0 Å². The van der Waals surface area contributed by atoms with E-state index in [0.717, 1.165) is 6.42 Å². The molecule has 0 nitrogen and oxygen atoms in total. The van der Waals surface area contributed by atoms with Gasteiger partial charge in [-0.15, -0.1) is 0 Å². The molecule has 0 aromatic heterocycles. The normalized spacial score (nSPS) is 11.6. The van der Waals surface area contributed by atoms with Crippen molar-refractivity contribution < 1.29 is 0 Å². The van der Waals surface area contributed by atoms with Crippen molar-refractivity contribution in [2.75, 3.05) is 0 Å². The molecule has 0 spiro atoms. The first-order valence-corrected chi connectivity index (χ1v) is 7.17. The lowest BCUT2D eigenvalue weighted by molar-refractivity contribution is 0.505. The molecule has 0 bridgehead atoms. The Morgan fingerprint density at radius 2 is 1.63 bits per heavy atom. The van der Waals surface area contributed by atoms with E-state index in [2.05, 4.69) is 76.2 Å². The molecule has 0 heterocycles. The Morgan fingerprint density at radius 3 is 2.26 bits per heavy atom. The fourth-order valence-electron chi connectivity index (χ4n) is 2.30. The van der Waals surface area contributed by atoms with E-state index in [0.29, 0.717) is 0 Å². The second-order valence-electron chi connectivity index (χ2n) is 6.04. The van der Waals surface area contributed by atoms with Gasteiger partial charge in [0.25, 0.3) is 0 Å². The highest BCUT2D eigenvalue weighted by Crippen LogP contribution is 2.29. The van der Waals surface area contributed by atoms with Gasteiger partial charge in [0, 0.05) is 0 Å². The third-order valence-corrected chi connectivity index (χ3v) is 4.25. The molecule has 0 atom stereocenters. The van der Waals surface area contributed by atoms with Crippen molar-refractivity contribution in [3.05, 3.63) is 70.8 Å². The Bertz CT molecular complexity index is 535. The number of aryl methyl sites for hydroxylation is 1. The Morgan fingerprint density at radius 1 is 0.947 bits per heavy atom. The molecule has 0 aliphatic carbocycles.